The Morgan fingerprint density at radius 3 is 2.43 bits per heavy atom. The molecule has 0 N–H and O–H groups in total. The lowest BCUT2D eigenvalue weighted by molar-refractivity contribution is 0.268. The number of aryl methyl sites for hydroxylation is 2. The third-order valence-electron chi connectivity index (χ3n) is 4.96. The zero-order valence-corrected chi connectivity index (χ0v) is 16.2. The molecule has 0 unspecified atom stereocenters. The summed E-state index contributed by atoms with van der Waals surface area (Å²) in [5.41, 5.74) is 8.18. The van der Waals surface area contributed by atoms with Crippen LogP contribution in [0.3, 0.4) is 0 Å². The first kappa shape index (κ1) is 20.0. The van der Waals surface area contributed by atoms with Crippen LogP contribution in [0.1, 0.15) is 28.9 Å². The second-order valence-corrected chi connectivity index (χ2v) is 6.47. The van der Waals surface area contributed by atoms with E-state index in [-0.39, 0.29) is 24.8 Å². The van der Waals surface area contributed by atoms with Crippen LogP contribution in [-0.4, -0.2) is 34.8 Å². The largest absolute Gasteiger partial charge is 0.306 e. The molecular formula is C18H27Cl2N3. The van der Waals surface area contributed by atoms with Gasteiger partial charge < -0.3 is 4.90 Å². The van der Waals surface area contributed by atoms with Gasteiger partial charge in [0.05, 0.1) is 5.69 Å². The van der Waals surface area contributed by atoms with Gasteiger partial charge in [0.15, 0.2) is 0 Å². The molecule has 1 aromatic carbocycles. The van der Waals surface area contributed by atoms with Gasteiger partial charge >= 0.3 is 0 Å². The van der Waals surface area contributed by atoms with Gasteiger partial charge in [-0.3, -0.25) is 4.68 Å². The molecule has 5 heteroatoms. The Hall–Kier alpha value is -1.03. The van der Waals surface area contributed by atoms with Crippen LogP contribution in [0.4, 0.5) is 0 Å². The molecule has 1 aliphatic carbocycles. The minimum absolute atomic E-state index is 0. The lowest BCUT2D eigenvalue weighted by Gasteiger charge is -2.31. The van der Waals surface area contributed by atoms with E-state index in [1.54, 1.807) is 0 Å². The van der Waals surface area contributed by atoms with E-state index in [9.17, 15) is 0 Å². The highest BCUT2D eigenvalue weighted by Gasteiger charge is 2.24. The van der Waals surface area contributed by atoms with Gasteiger partial charge in [0.25, 0.3) is 0 Å². The molecule has 0 amide bonds. The highest BCUT2D eigenvalue weighted by Crippen LogP contribution is 2.35. The monoisotopic (exact) mass is 355 g/mol. The SMILES string of the molecule is Cc1nn(C)c(C)c1-c1cccc2c1CC[C@@H](N(C)C)C2.Cl.Cl. The third kappa shape index (κ3) is 3.57. The quantitative estimate of drug-likeness (QED) is 0.812. The molecule has 0 radical (unpaired) electrons. The van der Waals surface area contributed by atoms with E-state index in [4.69, 9.17) is 0 Å². The maximum atomic E-state index is 4.59. The zero-order chi connectivity index (χ0) is 15.1. The smallest absolute Gasteiger partial charge is 0.0674 e. The predicted molar refractivity (Wildman–Crippen MR) is 102 cm³/mol. The van der Waals surface area contributed by atoms with Crippen molar-refractivity contribution in [2.45, 2.75) is 39.2 Å². The summed E-state index contributed by atoms with van der Waals surface area (Å²) >= 11 is 0. The van der Waals surface area contributed by atoms with Crippen LogP contribution < -0.4 is 0 Å². The topological polar surface area (TPSA) is 21.1 Å². The Morgan fingerprint density at radius 2 is 1.87 bits per heavy atom. The average Bonchev–Trinajstić information content (AvgIpc) is 2.71. The van der Waals surface area contributed by atoms with Crippen molar-refractivity contribution in [3.8, 4) is 11.1 Å². The molecule has 0 saturated heterocycles. The highest BCUT2D eigenvalue weighted by molar-refractivity contribution is 5.85. The fraction of sp³-hybridized carbons (Fsp3) is 0.500. The molecule has 1 aliphatic rings. The summed E-state index contributed by atoms with van der Waals surface area (Å²) in [4.78, 5) is 2.36. The number of nitrogens with zero attached hydrogens (tertiary/aromatic N) is 3. The summed E-state index contributed by atoms with van der Waals surface area (Å²) in [5, 5.41) is 4.59. The van der Waals surface area contributed by atoms with Crippen molar-refractivity contribution < 1.29 is 0 Å². The second kappa shape index (κ2) is 7.69. The normalized spacial score (nSPS) is 16.5. The average molecular weight is 356 g/mol. The molecule has 23 heavy (non-hydrogen) atoms. The Morgan fingerprint density at radius 1 is 1.17 bits per heavy atom. The number of hydrogen-bond donors (Lipinski definition) is 0. The van der Waals surface area contributed by atoms with Gasteiger partial charge in [0, 0.05) is 24.3 Å². The van der Waals surface area contributed by atoms with Crippen LogP contribution >= 0.6 is 24.8 Å². The van der Waals surface area contributed by atoms with E-state index >= 15 is 0 Å². The Kier molecular flexibility index (Phi) is 6.70. The van der Waals surface area contributed by atoms with Crippen LogP contribution in [0.15, 0.2) is 18.2 Å². The number of halogens is 2. The molecule has 1 aromatic heterocycles. The summed E-state index contributed by atoms with van der Waals surface area (Å²) in [6, 6.07) is 7.45. The molecular weight excluding hydrogens is 329 g/mol. The van der Waals surface area contributed by atoms with E-state index in [1.807, 2.05) is 11.7 Å². The maximum Gasteiger partial charge on any atom is 0.0674 e. The molecule has 2 aromatic rings. The van der Waals surface area contributed by atoms with E-state index in [0.29, 0.717) is 6.04 Å². The molecule has 3 rings (SSSR count). The molecule has 1 heterocycles. The summed E-state index contributed by atoms with van der Waals surface area (Å²) in [6.07, 6.45) is 3.58. The minimum atomic E-state index is 0. The number of aromatic nitrogens is 2. The molecule has 0 bridgehead atoms. The van der Waals surface area contributed by atoms with Crippen LogP contribution in [-0.2, 0) is 19.9 Å². The van der Waals surface area contributed by atoms with Gasteiger partial charge in [0.2, 0.25) is 0 Å². The van der Waals surface area contributed by atoms with Crippen molar-refractivity contribution in [3.05, 3.63) is 40.7 Å². The fourth-order valence-electron chi connectivity index (χ4n) is 3.63. The molecule has 1 atom stereocenters. The first-order valence-electron chi connectivity index (χ1n) is 7.76. The summed E-state index contributed by atoms with van der Waals surface area (Å²) < 4.78 is 2.00. The van der Waals surface area contributed by atoms with Gasteiger partial charge in [-0.05, 0) is 63.9 Å². The second-order valence-electron chi connectivity index (χ2n) is 6.47. The van der Waals surface area contributed by atoms with Crippen molar-refractivity contribution in [2.24, 2.45) is 7.05 Å². The van der Waals surface area contributed by atoms with Gasteiger partial charge in [-0.15, -0.1) is 24.8 Å². The van der Waals surface area contributed by atoms with Gasteiger partial charge in [-0.1, -0.05) is 18.2 Å². The first-order valence-corrected chi connectivity index (χ1v) is 7.76. The maximum absolute atomic E-state index is 4.59. The summed E-state index contributed by atoms with van der Waals surface area (Å²) in [5.74, 6) is 0. The fourth-order valence-corrected chi connectivity index (χ4v) is 3.63. The van der Waals surface area contributed by atoms with Crippen LogP contribution in [0.2, 0.25) is 0 Å². The number of benzene rings is 1. The summed E-state index contributed by atoms with van der Waals surface area (Å²) in [6.45, 7) is 4.29. The van der Waals surface area contributed by atoms with Crippen molar-refractivity contribution in [2.75, 3.05) is 14.1 Å². The number of fused-ring (bicyclic) bond motifs is 1. The standard InChI is InChI=1S/C18H25N3.2ClH/c1-12-18(13(2)21(5)19-12)17-8-6-7-14-11-15(20(3)4)9-10-16(14)17;;/h6-8,15H,9-11H2,1-5H3;2*1H/t15-;;/m1../s1. The van der Waals surface area contributed by atoms with Crippen molar-refractivity contribution in [1.29, 1.82) is 0 Å². The van der Waals surface area contributed by atoms with Crippen molar-refractivity contribution in [1.82, 2.24) is 14.7 Å². The van der Waals surface area contributed by atoms with Crippen molar-refractivity contribution >= 4 is 24.8 Å². The molecule has 3 nitrogen and oxygen atoms in total. The first-order chi connectivity index (χ1) is 9.99. The number of hydrogen-bond acceptors (Lipinski definition) is 2. The predicted octanol–water partition coefficient (Wildman–Crippen LogP) is 3.97. The van der Waals surface area contributed by atoms with Crippen LogP contribution in [0, 0.1) is 13.8 Å². The van der Waals surface area contributed by atoms with Gasteiger partial charge in [-0.2, -0.15) is 5.10 Å². The minimum Gasteiger partial charge on any atom is -0.306 e. The molecule has 0 aliphatic heterocycles. The number of rotatable bonds is 2. The van der Waals surface area contributed by atoms with Crippen LogP contribution in [0.25, 0.3) is 11.1 Å². The highest BCUT2D eigenvalue weighted by atomic mass is 35.5. The number of likely N-dealkylation sites (N-methyl/N-ethyl adjacent to an activating group) is 1. The lowest BCUT2D eigenvalue weighted by Crippen LogP contribution is -2.33. The van der Waals surface area contributed by atoms with E-state index in [2.05, 4.69) is 56.1 Å². The van der Waals surface area contributed by atoms with Gasteiger partial charge in [-0.25, -0.2) is 0 Å². The zero-order valence-electron chi connectivity index (χ0n) is 14.6. The lowest BCUT2D eigenvalue weighted by atomic mass is 9.83. The van der Waals surface area contributed by atoms with E-state index < -0.39 is 0 Å². The third-order valence-corrected chi connectivity index (χ3v) is 4.96. The molecule has 128 valence electrons. The van der Waals surface area contributed by atoms with Crippen molar-refractivity contribution in [3.63, 3.8) is 0 Å². The molecule has 0 spiro atoms. The summed E-state index contributed by atoms with van der Waals surface area (Å²) in [7, 11) is 6.41. The van der Waals surface area contributed by atoms with E-state index in [1.165, 1.54) is 40.8 Å². The van der Waals surface area contributed by atoms with Gasteiger partial charge in [0.1, 0.15) is 0 Å². The Bertz CT molecular complexity index is 677. The molecule has 0 fully saturated rings. The van der Waals surface area contributed by atoms with E-state index in [0.717, 1.165) is 12.1 Å². The molecule has 0 saturated carbocycles. The Labute approximate surface area is 151 Å². The van der Waals surface area contributed by atoms with Crippen LogP contribution in [0.5, 0.6) is 0 Å². The Balaban J connectivity index is 0.00000132.